The molecule has 0 aliphatic carbocycles. The molecule has 0 bridgehead atoms. The van der Waals surface area contributed by atoms with Crippen molar-refractivity contribution in [3.8, 4) is 0 Å². The smallest absolute Gasteiger partial charge is 0.241 e. The second-order valence-electron chi connectivity index (χ2n) is 6.18. The summed E-state index contributed by atoms with van der Waals surface area (Å²) in [5.74, 6) is 0.811. The van der Waals surface area contributed by atoms with E-state index in [1.54, 1.807) is 25.0 Å². The fourth-order valence-electron chi connectivity index (χ4n) is 2.68. The molecule has 2 aromatic carbocycles. The van der Waals surface area contributed by atoms with Gasteiger partial charge in [-0.25, -0.2) is 4.98 Å². The van der Waals surface area contributed by atoms with Gasteiger partial charge >= 0.3 is 0 Å². The Balaban J connectivity index is 1.54. The Labute approximate surface area is 164 Å². The molecule has 0 aliphatic rings. The van der Waals surface area contributed by atoms with Gasteiger partial charge in [-0.05, 0) is 36.7 Å². The Morgan fingerprint density at radius 1 is 0.963 bits per heavy atom. The first-order valence-corrected chi connectivity index (χ1v) is 9.88. The van der Waals surface area contributed by atoms with E-state index >= 15 is 0 Å². The zero-order valence-corrected chi connectivity index (χ0v) is 16.1. The molecule has 1 aromatic heterocycles. The number of pyridine rings is 1. The van der Waals surface area contributed by atoms with E-state index < -0.39 is 0 Å². The Morgan fingerprint density at radius 2 is 1.63 bits per heavy atom. The molecule has 0 radical (unpaired) electrons. The number of nitrogens with one attached hydrogen (secondary N) is 2. The summed E-state index contributed by atoms with van der Waals surface area (Å²) in [5, 5.41) is 6.96. The van der Waals surface area contributed by atoms with E-state index in [2.05, 4.69) is 27.8 Å². The normalized spacial score (nSPS) is 11.7. The van der Waals surface area contributed by atoms with Crippen LogP contribution in [0.3, 0.4) is 0 Å². The number of nitrogens with zero attached hydrogens (tertiary/aromatic N) is 1. The second kappa shape index (κ2) is 9.90. The van der Waals surface area contributed by atoms with Crippen molar-refractivity contribution in [2.24, 2.45) is 0 Å². The predicted molar refractivity (Wildman–Crippen MR) is 112 cm³/mol. The summed E-state index contributed by atoms with van der Waals surface area (Å²) >= 11 is 1.68. The van der Waals surface area contributed by atoms with Crippen LogP contribution in [0.4, 0.5) is 5.69 Å². The standard InChI is InChI=1S/C22H23N3OS/c1-23-20(14-17-8-4-2-5-9-17)22(26)25-19-12-13-21(24-15-19)27-16-18-10-6-3-7-11-18/h2-13,15,20,23H,14,16H2,1H3,(H,25,26)/t20-/m0/s1. The van der Waals surface area contributed by atoms with Crippen LogP contribution in [-0.4, -0.2) is 24.0 Å². The number of carbonyl (C=O) groups is 1. The molecule has 2 N–H and O–H groups in total. The maximum Gasteiger partial charge on any atom is 0.241 e. The number of aromatic nitrogens is 1. The highest BCUT2D eigenvalue weighted by molar-refractivity contribution is 7.98. The molecule has 1 heterocycles. The molecule has 0 saturated heterocycles. The van der Waals surface area contributed by atoms with Crippen molar-refractivity contribution in [1.82, 2.24) is 10.3 Å². The van der Waals surface area contributed by atoms with Crippen molar-refractivity contribution in [3.05, 3.63) is 90.1 Å². The lowest BCUT2D eigenvalue weighted by Gasteiger charge is -2.16. The third kappa shape index (κ3) is 5.94. The van der Waals surface area contributed by atoms with Crippen LogP contribution in [0.1, 0.15) is 11.1 Å². The largest absolute Gasteiger partial charge is 0.323 e. The molecule has 0 aliphatic heterocycles. The average molecular weight is 378 g/mol. The first-order valence-electron chi connectivity index (χ1n) is 8.89. The van der Waals surface area contributed by atoms with Gasteiger partial charge in [0.15, 0.2) is 0 Å². The molecule has 0 fully saturated rings. The molecular weight excluding hydrogens is 354 g/mol. The SMILES string of the molecule is CN[C@@H](Cc1ccccc1)C(=O)Nc1ccc(SCc2ccccc2)nc1. The first kappa shape index (κ1) is 19.1. The summed E-state index contributed by atoms with van der Waals surface area (Å²) in [6, 6.07) is 23.8. The van der Waals surface area contributed by atoms with Crippen LogP contribution in [0, 0.1) is 0 Å². The van der Waals surface area contributed by atoms with Gasteiger partial charge in [-0.2, -0.15) is 0 Å². The van der Waals surface area contributed by atoms with Crippen molar-refractivity contribution < 1.29 is 4.79 Å². The fourth-order valence-corrected chi connectivity index (χ4v) is 3.47. The molecular formula is C22H23N3OS. The van der Waals surface area contributed by atoms with Gasteiger partial charge in [0, 0.05) is 5.75 Å². The van der Waals surface area contributed by atoms with Gasteiger partial charge in [0.2, 0.25) is 5.91 Å². The van der Waals surface area contributed by atoms with Crippen LogP contribution < -0.4 is 10.6 Å². The van der Waals surface area contributed by atoms with Crippen LogP contribution in [0.25, 0.3) is 0 Å². The highest BCUT2D eigenvalue weighted by atomic mass is 32.2. The van der Waals surface area contributed by atoms with Gasteiger partial charge in [0.25, 0.3) is 0 Å². The van der Waals surface area contributed by atoms with E-state index in [1.807, 2.05) is 60.7 Å². The van der Waals surface area contributed by atoms with E-state index in [0.29, 0.717) is 12.1 Å². The Bertz CT molecular complexity index is 838. The summed E-state index contributed by atoms with van der Waals surface area (Å²) < 4.78 is 0. The minimum Gasteiger partial charge on any atom is -0.323 e. The summed E-state index contributed by atoms with van der Waals surface area (Å²) in [4.78, 5) is 17.0. The number of carbonyl (C=O) groups excluding carboxylic acids is 1. The predicted octanol–water partition coefficient (Wildman–Crippen LogP) is 4.14. The monoisotopic (exact) mass is 377 g/mol. The number of hydrogen-bond donors (Lipinski definition) is 2. The van der Waals surface area contributed by atoms with Crippen LogP contribution >= 0.6 is 11.8 Å². The zero-order chi connectivity index (χ0) is 18.9. The Morgan fingerprint density at radius 3 is 2.22 bits per heavy atom. The molecule has 0 saturated carbocycles. The molecule has 3 rings (SSSR count). The highest BCUT2D eigenvalue weighted by Crippen LogP contribution is 2.21. The number of rotatable bonds is 8. The summed E-state index contributed by atoms with van der Waals surface area (Å²) in [6.45, 7) is 0. The van der Waals surface area contributed by atoms with Gasteiger partial charge < -0.3 is 10.6 Å². The zero-order valence-electron chi connectivity index (χ0n) is 15.3. The van der Waals surface area contributed by atoms with Gasteiger partial charge in [0.1, 0.15) is 0 Å². The van der Waals surface area contributed by atoms with E-state index in [4.69, 9.17) is 0 Å². The maximum absolute atomic E-state index is 12.5. The molecule has 5 heteroatoms. The highest BCUT2D eigenvalue weighted by Gasteiger charge is 2.17. The lowest BCUT2D eigenvalue weighted by atomic mass is 10.1. The number of anilines is 1. The minimum absolute atomic E-state index is 0.0622. The minimum atomic E-state index is -0.292. The third-order valence-electron chi connectivity index (χ3n) is 4.18. The van der Waals surface area contributed by atoms with Crippen molar-refractivity contribution in [1.29, 1.82) is 0 Å². The lowest BCUT2D eigenvalue weighted by Crippen LogP contribution is -2.40. The molecule has 138 valence electrons. The Kier molecular flexibility index (Phi) is 7.02. The molecule has 0 unspecified atom stereocenters. The van der Waals surface area contributed by atoms with Crippen LogP contribution in [-0.2, 0) is 17.0 Å². The molecule has 4 nitrogen and oxygen atoms in total. The van der Waals surface area contributed by atoms with Gasteiger partial charge in [0.05, 0.1) is 23.0 Å². The molecule has 27 heavy (non-hydrogen) atoms. The van der Waals surface area contributed by atoms with E-state index in [-0.39, 0.29) is 11.9 Å². The number of hydrogen-bond acceptors (Lipinski definition) is 4. The van der Waals surface area contributed by atoms with E-state index in [9.17, 15) is 4.79 Å². The number of likely N-dealkylation sites (N-methyl/N-ethyl adjacent to an activating group) is 1. The van der Waals surface area contributed by atoms with E-state index in [1.165, 1.54) is 5.56 Å². The van der Waals surface area contributed by atoms with Gasteiger partial charge in [-0.1, -0.05) is 60.7 Å². The van der Waals surface area contributed by atoms with Crippen molar-refractivity contribution in [2.75, 3.05) is 12.4 Å². The lowest BCUT2D eigenvalue weighted by molar-refractivity contribution is -0.118. The maximum atomic E-state index is 12.5. The van der Waals surface area contributed by atoms with Gasteiger partial charge in [-0.3, -0.25) is 4.79 Å². The third-order valence-corrected chi connectivity index (χ3v) is 5.20. The summed E-state index contributed by atoms with van der Waals surface area (Å²) in [6.07, 6.45) is 2.35. The van der Waals surface area contributed by atoms with Crippen LogP contribution in [0.5, 0.6) is 0 Å². The first-order chi connectivity index (χ1) is 13.2. The Hall–Kier alpha value is -2.63. The van der Waals surface area contributed by atoms with Crippen molar-refractivity contribution in [3.63, 3.8) is 0 Å². The van der Waals surface area contributed by atoms with Crippen LogP contribution in [0.15, 0.2) is 84.0 Å². The molecule has 3 aromatic rings. The topological polar surface area (TPSA) is 54.0 Å². The molecule has 0 spiro atoms. The van der Waals surface area contributed by atoms with Crippen molar-refractivity contribution in [2.45, 2.75) is 23.2 Å². The number of thioether (sulfide) groups is 1. The quantitative estimate of drug-likeness (QED) is 0.579. The molecule has 1 amide bonds. The van der Waals surface area contributed by atoms with Crippen molar-refractivity contribution >= 4 is 23.4 Å². The fraction of sp³-hybridized carbons (Fsp3) is 0.182. The van der Waals surface area contributed by atoms with Gasteiger partial charge in [-0.15, -0.1) is 11.8 Å². The van der Waals surface area contributed by atoms with Crippen LogP contribution in [0.2, 0.25) is 0 Å². The molecule has 1 atom stereocenters. The summed E-state index contributed by atoms with van der Waals surface area (Å²) in [5.41, 5.74) is 3.09. The number of benzene rings is 2. The number of amides is 1. The summed E-state index contributed by atoms with van der Waals surface area (Å²) in [7, 11) is 1.80. The second-order valence-corrected chi connectivity index (χ2v) is 7.18. The average Bonchev–Trinajstić information content (AvgIpc) is 2.73. The van der Waals surface area contributed by atoms with E-state index in [0.717, 1.165) is 16.3 Å².